The Kier molecular flexibility index (Phi) is 6.03. The van der Waals surface area contributed by atoms with E-state index in [1.54, 1.807) is 11.8 Å². The zero-order valence-corrected chi connectivity index (χ0v) is 17.1. The first-order chi connectivity index (χ1) is 13.7. The van der Waals surface area contributed by atoms with E-state index in [2.05, 4.69) is 9.55 Å². The highest BCUT2D eigenvalue weighted by molar-refractivity contribution is 7.98. The number of nitrogens with zero attached hydrogens (tertiary/aromatic N) is 3. The van der Waals surface area contributed by atoms with Gasteiger partial charge in [0.25, 0.3) is 5.91 Å². The van der Waals surface area contributed by atoms with Crippen LogP contribution in [0, 0.1) is 0 Å². The zero-order chi connectivity index (χ0) is 19.3. The van der Waals surface area contributed by atoms with E-state index in [0.717, 1.165) is 42.3 Å². The monoisotopic (exact) mass is 411 g/mol. The normalized spacial score (nSPS) is 15.0. The number of halogens is 1. The average Bonchev–Trinajstić information content (AvgIpc) is 3.28. The van der Waals surface area contributed by atoms with Crippen LogP contribution in [0.25, 0.3) is 0 Å². The van der Waals surface area contributed by atoms with Crippen LogP contribution < -0.4 is 0 Å². The standard InChI is InChI=1S/C22H22ClN3OS/c23-19-5-7-21(8-6-19)28-15-17-1-3-18(4-2-17)22(27)25-12-9-20(10-13-25)26-14-11-24-16-26/h1-8,11,14,16,20H,9-10,12-13,15H2. The molecule has 0 unspecified atom stereocenters. The maximum atomic E-state index is 12.8. The van der Waals surface area contributed by atoms with Gasteiger partial charge in [0.05, 0.1) is 6.33 Å². The summed E-state index contributed by atoms with van der Waals surface area (Å²) in [5, 5.41) is 0.751. The first-order valence-corrected chi connectivity index (χ1v) is 10.8. The molecule has 1 saturated heterocycles. The molecule has 6 heteroatoms. The van der Waals surface area contributed by atoms with Gasteiger partial charge < -0.3 is 9.47 Å². The highest BCUT2D eigenvalue weighted by atomic mass is 35.5. The largest absolute Gasteiger partial charge is 0.338 e. The number of thioether (sulfide) groups is 1. The lowest BCUT2D eigenvalue weighted by molar-refractivity contribution is 0.0694. The van der Waals surface area contributed by atoms with E-state index in [1.165, 1.54) is 10.5 Å². The van der Waals surface area contributed by atoms with E-state index in [4.69, 9.17) is 11.6 Å². The molecule has 0 bridgehead atoms. The number of likely N-dealkylation sites (tertiary alicyclic amines) is 1. The van der Waals surface area contributed by atoms with Gasteiger partial charge >= 0.3 is 0 Å². The van der Waals surface area contributed by atoms with Gasteiger partial charge in [0.1, 0.15) is 0 Å². The summed E-state index contributed by atoms with van der Waals surface area (Å²) in [6, 6.07) is 16.3. The van der Waals surface area contributed by atoms with Gasteiger partial charge in [-0.15, -0.1) is 11.8 Å². The van der Waals surface area contributed by atoms with E-state index < -0.39 is 0 Å². The number of aromatic nitrogens is 2. The van der Waals surface area contributed by atoms with Gasteiger partial charge in [0.15, 0.2) is 0 Å². The molecular formula is C22H22ClN3OS. The predicted molar refractivity (Wildman–Crippen MR) is 114 cm³/mol. The Balaban J connectivity index is 1.31. The maximum Gasteiger partial charge on any atom is 0.253 e. The number of amides is 1. The third-order valence-electron chi connectivity index (χ3n) is 5.12. The summed E-state index contributed by atoms with van der Waals surface area (Å²) in [7, 11) is 0. The molecule has 0 atom stereocenters. The Hall–Kier alpha value is -2.24. The lowest BCUT2D eigenvalue weighted by Gasteiger charge is -2.32. The second-order valence-corrected chi connectivity index (χ2v) is 8.46. The molecule has 144 valence electrons. The van der Waals surface area contributed by atoms with Crippen LogP contribution in [0.1, 0.15) is 34.8 Å². The van der Waals surface area contributed by atoms with Crippen LogP contribution in [0.15, 0.2) is 72.1 Å². The molecule has 0 aliphatic carbocycles. The van der Waals surface area contributed by atoms with Gasteiger partial charge in [-0.2, -0.15) is 0 Å². The Labute approximate surface area is 174 Å². The molecule has 1 fully saturated rings. The Morgan fingerprint density at radius 1 is 1.07 bits per heavy atom. The fraction of sp³-hybridized carbons (Fsp3) is 0.273. The van der Waals surface area contributed by atoms with Crippen molar-refractivity contribution in [1.29, 1.82) is 0 Å². The Bertz CT molecular complexity index is 902. The summed E-state index contributed by atoms with van der Waals surface area (Å²) in [6.45, 7) is 1.58. The molecule has 4 rings (SSSR count). The molecule has 0 saturated carbocycles. The number of hydrogen-bond acceptors (Lipinski definition) is 3. The summed E-state index contributed by atoms with van der Waals surface area (Å²) in [4.78, 5) is 20.1. The first kappa shape index (κ1) is 19.1. The minimum absolute atomic E-state index is 0.126. The van der Waals surface area contributed by atoms with Gasteiger partial charge in [-0.05, 0) is 54.8 Å². The van der Waals surface area contributed by atoms with Gasteiger partial charge in [0.2, 0.25) is 0 Å². The number of imidazole rings is 1. The molecule has 2 heterocycles. The van der Waals surface area contributed by atoms with Crippen LogP contribution in [0.4, 0.5) is 0 Å². The second-order valence-electron chi connectivity index (χ2n) is 6.97. The van der Waals surface area contributed by atoms with Crippen molar-refractivity contribution in [2.24, 2.45) is 0 Å². The lowest BCUT2D eigenvalue weighted by Crippen LogP contribution is -2.38. The third kappa shape index (κ3) is 4.59. The molecule has 3 aromatic rings. The fourth-order valence-corrected chi connectivity index (χ4v) is 4.46. The molecule has 0 spiro atoms. The molecule has 0 radical (unpaired) electrons. The van der Waals surface area contributed by atoms with Crippen molar-refractivity contribution in [2.75, 3.05) is 13.1 Å². The van der Waals surface area contributed by atoms with Gasteiger partial charge in [0, 0.05) is 52.8 Å². The maximum absolute atomic E-state index is 12.8. The van der Waals surface area contributed by atoms with Crippen LogP contribution in [-0.2, 0) is 5.75 Å². The fourth-order valence-electron chi connectivity index (χ4n) is 3.48. The molecule has 1 amide bonds. The van der Waals surface area contributed by atoms with Crippen LogP contribution >= 0.6 is 23.4 Å². The van der Waals surface area contributed by atoms with Crippen LogP contribution in [0.5, 0.6) is 0 Å². The van der Waals surface area contributed by atoms with Crippen molar-refractivity contribution in [3.63, 3.8) is 0 Å². The molecule has 1 aromatic heterocycles. The molecule has 1 aliphatic heterocycles. The van der Waals surface area contributed by atoms with E-state index >= 15 is 0 Å². The van der Waals surface area contributed by atoms with Crippen molar-refractivity contribution >= 4 is 29.3 Å². The number of benzene rings is 2. The molecule has 2 aromatic carbocycles. The van der Waals surface area contributed by atoms with Crippen LogP contribution in [0.3, 0.4) is 0 Å². The van der Waals surface area contributed by atoms with Gasteiger partial charge in [-0.3, -0.25) is 4.79 Å². The number of carbonyl (C=O) groups is 1. The van der Waals surface area contributed by atoms with Gasteiger partial charge in [-0.1, -0.05) is 23.7 Å². The van der Waals surface area contributed by atoms with Crippen LogP contribution in [-0.4, -0.2) is 33.4 Å². The van der Waals surface area contributed by atoms with Crippen molar-refractivity contribution in [3.05, 3.63) is 83.4 Å². The minimum atomic E-state index is 0.126. The third-order valence-corrected chi connectivity index (χ3v) is 6.45. The molecule has 1 aliphatic rings. The van der Waals surface area contributed by atoms with E-state index in [-0.39, 0.29) is 5.91 Å². The lowest BCUT2D eigenvalue weighted by atomic mass is 10.0. The summed E-state index contributed by atoms with van der Waals surface area (Å²) in [5.74, 6) is 0.993. The second kappa shape index (κ2) is 8.84. The average molecular weight is 412 g/mol. The van der Waals surface area contributed by atoms with Crippen molar-refractivity contribution in [2.45, 2.75) is 29.5 Å². The van der Waals surface area contributed by atoms with E-state index in [0.29, 0.717) is 6.04 Å². The zero-order valence-electron chi connectivity index (χ0n) is 15.5. The topological polar surface area (TPSA) is 38.1 Å². The number of carbonyl (C=O) groups excluding carboxylic acids is 1. The first-order valence-electron chi connectivity index (χ1n) is 9.43. The predicted octanol–water partition coefficient (Wildman–Crippen LogP) is 5.31. The smallest absolute Gasteiger partial charge is 0.253 e. The highest BCUT2D eigenvalue weighted by Crippen LogP contribution is 2.26. The summed E-state index contributed by atoms with van der Waals surface area (Å²) < 4.78 is 2.15. The van der Waals surface area contributed by atoms with Crippen LogP contribution in [0.2, 0.25) is 5.02 Å². The number of rotatable bonds is 5. The molecular weight excluding hydrogens is 390 g/mol. The van der Waals surface area contributed by atoms with Gasteiger partial charge in [-0.25, -0.2) is 4.98 Å². The number of hydrogen-bond donors (Lipinski definition) is 0. The highest BCUT2D eigenvalue weighted by Gasteiger charge is 2.24. The Morgan fingerprint density at radius 2 is 1.79 bits per heavy atom. The quantitative estimate of drug-likeness (QED) is 0.534. The van der Waals surface area contributed by atoms with Crippen molar-refractivity contribution in [1.82, 2.24) is 14.5 Å². The summed E-state index contributed by atoms with van der Waals surface area (Å²) in [6.07, 6.45) is 7.62. The van der Waals surface area contributed by atoms with E-state index in [9.17, 15) is 4.79 Å². The molecule has 0 N–H and O–H groups in total. The van der Waals surface area contributed by atoms with E-state index in [1.807, 2.05) is 72.2 Å². The summed E-state index contributed by atoms with van der Waals surface area (Å²) >= 11 is 7.69. The molecule has 4 nitrogen and oxygen atoms in total. The van der Waals surface area contributed by atoms with Crippen molar-refractivity contribution < 1.29 is 4.79 Å². The SMILES string of the molecule is O=C(c1ccc(CSc2ccc(Cl)cc2)cc1)N1CCC(n2ccnc2)CC1. The minimum Gasteiger partial charge on any atom is -0.338 e. The van der Waals surface area contributed by atoms with Crippen molar-refractivity contribution in [3.8, 4) is 0 Å². The number of piperidine rings is 1. The molecule has 28 heavy (non-hydrogen) atoms. The summed E-state index contributed by atoms with van der Waals surface area (Å²) in [5.41, 5.74) is 1.97. The Morgan fingerprint density at radius 3 is 2.43 bits per heavy atom.